The van der Waals surface area contributed by atoms with Gasteiger partial charge in [0.2, 0.25) is 0 Å². The number of benzene rings is 1. The van der Waals surface area contributed by atoms with Crippen LogP contribution in [0.4, 0.5) is 0 Å². The zero-order valence-electron chi connectivity index (χ0n) is 13.7. The first-order chi connectivity index (χ1) is 11.6. The van der Waals surface area contributed by atoms with Gasteiger partial charge < -0.3 is 0 Å². The zero-order chi connectivity index (χ0) is 17.1. The molecule has 24 heavy (non-hydrogen) atoms. The van der Waals surface area contributed by atoms with E-state index in [1.165, 1.54) is 41.0 Å². The molecular formula is C21H20Br2S. The van der Waals surface area contributed by atoms with Crippen LogP contribution in [-0.2, 0) is 6.42 Å². The lowest BCUT2D eigenvalue weighted by Crippen LogP contribution is -1.93. The highest BCUT2D eigenvalue weighted by atomic mass is 79.9. The Morgan fingerprint density at radius 1 is 1.12 bits per heavy atom. The fourth-order valence-corrected chi connectivity index (χ4v) is 6.25. The Morgan fingerprint density at radius 3 is 2.50 bits per heavy atom. The van der Waals surface area contributed by atoms with Gasteiger partial charge in [-0.25, -0.2) is 0 Å². The maximum atomic E-state index is 4.24. The molecule has 0 nitrogen and oxygen atoms in total. The molecule has 0 unspecified atom stereocenters. The molecule has 0 fully saturated rings. The third-order valence-corrected chi connectivity index (χ3v) is 7.01. The zero-order valence-corrected chi connectivity index (χ0v) is 17.7. The first kappa shape index (κ1) is 17.9. The third kappa shape index (κ3) is 3.84. The lowest BCUT2D eigenvalue weighted by molar-refractivity contribution is 1.04. The Hall–Kier alpha value is -0.900. The van der Waals surface area contributed by atoms with Crippen LogP contribution in [0.15, 0.2) is 56.6 Å². The summed E-state index contributed by atoms with van der Waals surface area (Å²) in [6, 6.07) is 8.96. The summed E-state index contributed by atoms with van der Waals surface area (Å²) in [4.78, 5) is 0. The minimum atomic E-state index is 0.923. The van der Waals surface area contributed by atoms with Crippen LogP contribution >= 0.6 is 43.2 Å². The predicted octanol–water partition coefficient (Wildman–Crippen LogP) is 8.02. The first-order valence-corrected chi connectivity index (χ1v) is 10.6. The first-order valence-electron chi connectivity index (χ1n) is 8.21. The summed E-state index contributed by atoms with van der Waals surface area (Å²) in [7, 11) is 0. The molecule has 0 bridgehead atoms. The van der Waals surface area contributed by atoms with Crippen molar-refractivity contribution >= 4 is 54.3 Å². The van der Waals surface area contributed by atoms with Gasteiger partial charge in [0, 0.05) is 12.0 Å². The second-order valence-electron chi connectivity index (χ2n) is 5.97. The topological polar surface area (TPSA) is 0 Å². The lowest BCUT2D eigenvalue weighted by Gasteiger charge is -2.10. The van der Waals surface area contributed by atoms with Crippen LogP contribution in [0, 0.1) is 0 Å². The largest absolute Gasteiger partial charge is 0.120 e. The van der Waals surface area contributed by atoms with Crippen molar-refractivity contribution in [1.29, 1.82) is 0 Å². The normalized spacial score (nSPS) is 13.9. The molecular weight excluding hydrogens is 444 g/mol. The molecule has 0 atom stereocenters. The van der Waals surface area contributed by atoms with Gasteiger partial charge in [0.1, 0.15) is 0 Å². The van der Waals surface area contributed by atoms with Crippen LogP contribution in [0.25, 0.3) is 11.1 Å². The Balaban J connectivity index is 1.86. The monoisotopic (exact) mass is 462 g/mol. The second kappa shape index (κ2) is 7.99. The number of hydrogen-bond donors (Lipinski definition) is 0. The van der Waals surface area contributed by atoms with E-state index in [-0.39, 0.29) is 0 Å². The van der Waals surface area contributed by atoms with Crippen LogP contribution in [-0.4, -0.2) is 0 Å². The number of rotatable bonds is 5. The van der Waals surface area contributed by atoms with Gasteiger partial charge in [0.15, 0.2) is 0 Å². The van der Waals surface area contributed by atoms with Gasteiger partial charge in [-0.15, -0.1) is 11.3 Å². The number of hydrogen-bond acceptors (Lipinski definition) is 1. The van der Waals surface area contributed by atoms with E-state index in [2.05, 4.69) is 87.9 Å². The van der Waals surface area contributed by atoms with Crippen LogP contribution in [0.1, 0.15) is 48.4 Å². The van der Waals surface area contributed by atoms with Crippen molar-refractivity contribution in [2.24, 2.45) is 0 Å². The number of halogens is 2. The quantitative estimate of drug-likeness (QED) is 0.421. The predicted molar refractivity (Wildman–Crippen MR) is 115 cm³/mol. The highest BCUT2D eigenvalue weighted by molar-refractivity contribution is 9.12. The van der Waals surface area contributed by atoms with Gasteiger partial charge in [-0.1, -0.05) is 56.0 Å². The van der Waals surface area contributed by atoms with E-state index in [0.29, 0.717) is 0 Å². The molecule has 0 saturated heterocycles. The summed E-state index contributed by atoms with van der Waals surface area (Å²) < 4.78 is 2.37. The molecule has 1 heterocycles. The highest BCUT2D eigenvalue weighted by Gasteiger charge is 2.17. The fourth-order valence-electron chi connectivity index (χ4n) is 2.94. The van der Waals surface area contributed by atoms with E-state index in [9.17, 15) is 0 Å². The second-order valence-corrected chi connectivity index (χ2v) is 9.63. The summed E-state index contributed by atoms with van der Waals surface area (Å²) in [6.45, 7) is 6.39. The molecule has 0 spiro atoms. The van der Waals surface area contributed by atoms with Gasteiger partial charge in [0.25, 0.3) is 0 Å². The molecule has 124 valence electrons. The maximum absolute atomic E-state index is 4.24. The molecule has 0 amide bonds. The van der Waals surface area contributed by atoms with Crippen molar-refractivity contribution in [3.63, 3.8) is 0 Å². The van der Waals surface area contributed by atoms with E-state index < -0.39 is 0 Å². The lowest BCUT2D eigenvalue weighted by atomic mass is 9.95. The van der Waals surface area contributed by atoms with E-state index in [0.717, 1.165) is 25.7 Å². The molecule has 3 heteroatoms. The van der Waals surface area contributed by atoms with Crippen LogP contribution in [0.5, 0.6) is 0 Å². The highest BCUT2D eigenvalue weighted by Crippen LogP contribution is 2.42. The van der Waals surface area contributed by atoms with Crippen molar-refractivity contribution in [2.45, 2.75) is 32.6 Å². The summed E-state index contributed by atoms with van der Waals surface area (Å²) in [5, 5.41) is 0. The van der Waals surface area contributed by atoms with Crippen molar-refractivity contribution < 1.29 is 0 Å². The minimum Gasteiger partial charge on any atom is -0.120 e. The molecule has 0 radical (unpaired) electrons. The maximum Gasteiger partial charge on any atom is 0.0788 e. The van der Waals surface area contributed by atoms with Gasteiger partial charge in [0.05, 0.1) is 7.57 Å². The molecule has 3 rings (SSSR count). The number of allylic oxidation sites excluding steroid dienone is 5. The molecule has 1 aromatic heterocycles. The van der Waals surface area contributed by atoms with Crippen molar-refractivity contribution in [3.8, 4) is 0 Å². The van der Waals surface area contributed by atoms with Gasteiger partial charge >= 0.3 is 0 Å². The van der Waals surface area contributed by atoms with Gasteiger partial charge in [-0.05, 0) is 79.0 Å². The molecule has 1 aromatic carbocycles. The van der Waals surface area contributed by atoms with E-state index >= 15 is 0 Å². The van der Waals surface area contributed by atoms with Crippen molar-refractivity contribution in [1.82, 2.24) is 0 Å². The SMILES string of the molecule is C=C(CC)c1c(Br)sc(Br)c1Cc1ccc(C2=CCCC=C2)cc1. The smallest absolute Gasteiger partial charge is 0.0788 e. The number of thiophene rings is 1. The fraction of sp³-hybridized carbons (Fsp3) is 0.238. The van der Waals surface area contributed by atoms with Gasteiger partial charge in [-0.3, -0.25) is 0 Å². The van der Waals surface area contributed by atoms with E-state index in [1.54, 1.807) is 11.3 Å². The average Bonchev–Trinajstić information content (AvgIpc) is 2.89. The van der Waals surface area contributed by atoms with E-state index in [1.807, 2.05) is 0 Å². The summed E-state index contributed by atoms with van der Waals surface area (Å²) >= 11 is 9.17. The third-order valence-electron chi connectivity index (χ3n) is 4.36. The van der Waals surface area contributed by atoms with Crippen molar-refractivity contribution in [3.05, 3.63) is 78.9 Å². The Kier molecular flexibility index (Phi) is 5.96. The minimum absolute atomic E-state index is 0.923. The Morgan fingerprint density at radius 2 is 1.88 bits per heavy atom. The van der Waals surface area contributed by atoms with E-state index in [4.69, 9.17) is 0 Å². The standard InChI is InChI=1S/C21H20Br2S/c1-3-14(2)19-18(20(22)24-21(19)23)13-15-9-11-17(12-10-15)16-7-5-4-6-8-16/h5,7-12H,2-4,6,13H2,1H3. The molecule has 0 aliphatic heterocycles. The molecule has 2 aromatic rings. The van der Waals surface area contributed by atoms with Crippen LogP contribution in [0.2, 0.25) is 0 Å². The summed E-state index contributed by atoms with van der Waals surface area (Å²) in [5.74, 6) is 0. The Labute approximate surface area is 165 Å². The van der Waals surface area contributed by atoms with Crippen LogP contribution in [0.3, 0.4) is 0 Å². The molecule has 1 aliphatic rings. The molecule has 0 saturated carbocycles. The van der Waals surface area contributed by atoms with Gasteiger partial charge in [-0.2, -0.15) is 0 Å². The average molecular weight is 464 g/mol. The van der Waals surface area contributed by atoms with Crippen molar-refractivity contribution in [2.75, 3.05) is 0 Å². The summed E-state index contributed by atoms with van der Waals surface area (Å²) in [6.07, 6.45) is 11.0. The molecule has 0 N–H and O–H groups in total. The summed E-state index contributed by atoms with van der Waals surface area (Å²) in [5.41, 5.74) is 7.77. The van der Waals surface area contributed by atoms with Crippen LogP contribution < -0.4 is 0 Å². The molecule has 1 aliphatic carbocycles. The Bertz CT molecular complexity index is 807.